The number of hydrogen-bond donors (Lipinski definition) is 0. The second-order valence-electron chi connectivity index (χ2n) is 9.31. The van der Waals surface area contributed by atoms with Gasteiger partial charge in [-0.3, -0.25) is 0 Å². The molecule has 0 saturated carbocycles. The van der Waals surface area contributed by atoms with E-state index in [4.69, 9.17) is 14.7 Å². The van der Waals surface area contributed by atoms with Gasteiger partial charge in [-0.25, -0.2) is 0 Å². The number of para-hydroxylation sites is 2. The molecule has 3 aromatic heterocycles. The molecule has 4 aromatic carbocycles. The number of ether oxygens (including phenoxy) is 1. The van der Waals surface area contributed by atoms with Crippen LogP contribution in [0.5, 0.6) is 11.5 Å². The van der Waals surface area contributed by atoms with Crippen molar-refractivity contribution in [2.45, 2.75) is 6.92 Å². The predicted molar refractivity (Wildman–Crippen MR) is 150 cm³/mol. The van der Waals surface area contributed by atoms with Gasteiger partial charge in [0.2, 0.25) is 0 Å². The van der Waals surface area contributed by atoms with E-state index in [1.165, 1.54) is 16.3 Å². The number of pyridine rings is 2. The van der Waals surface area contributed by atoms with Crippen LogP contribution in [0.2, 0.25) is 0 Å². The molecule has 0 aliphatic carbocycles. The first kappa shape index (κ1) is 22.9. The van der Waals surface area contributed by atoms with E-state index in [2.05, 4.69) is 104 Å². The predicted octanol–water partition coefficient (Wildman–Crippen LogP) is 7.67. The molecule has 0 bridgehead atoms. The number of hydrogen-bond acceptors (Lipinski definition) is 3. The van der Waals surface area contributed by atoms with Gasteiger partial charge in [-0.1, -0.05) is 0 Å². The van der Waals surface area contributed by atoms with E-state index in [1.54, 1.807) is 0 Å². The third-order valence-electron chi connectivity index (χ3n) is 6.80. The van der Waals surface area contributed by atoms with E-state index >= 15 is 0 Å². The Morgan fingerprint density at radius 3 is 2.55 bits per heavy atom. The number of rotatable bonds is 4. The second-order valence-corrected chi connectivity index (χ2v) is 10.4. The molecule has 0 aliphatic heterocycles. The maximum absolute atomic E-state index is 6.51. The van der Waals surface area contributed by atoms with E-state index in [9.17, 15) is 0 Å². The van der Waals surface area contributed by atoms with Crippen LogP contribution in [0.3, 0.4) is 0 Å². The van der Waals surface area contributed by atoms with Crippen molar-refractivity contribution in [1.29, 1.82) is 0 Å². The van der Waals surface area contributed by atoms with Crippen LogP contribution in [0, 0.1) is 6.92 Å². The SMILES string of the molecule is Cc1ccnc(-n2c3ccccc3c3ccc(Oc4cccc(-c5ccc6ccccc6n5)c4)[c]([Pt])c32)c1. The van der Waals surface area contributed by atoms with Crippen molar-refractivity contribution in [3.63, 3.8) is 0 Å². The maximum atomic E-state index is 6.51. The molecule has 0 unspecified atom stereocenters. The zero-order valence-electron chi connectivity index (χ0n) is 20.5. The minimum absolute atomic E-state index is 0.770. The van der Waals surface area contributed by atoms with Crippen LogP contribution in [0.15, 0.2) is 115 Å². The van der Waals surface area contributed by atoms with Gasteiger partial charge in [0.25, 0.3) is 0 Å². The summed E-state index contributed by atoms with van der Waals surface area (Å²) in [6, 6.07) is 37.3. The first-order chi connectivity index (χ1) is 18.7. The summed E-state index contributed by atoms with van der Waals surface area (Å²) in [6.45, 7) is 2.09. The average Bonchev–Trinajstić information content (AvgIpc) is 3.30. The average molecular weight is 672 g/mol. The van der Waals surface area contributed by atoms with Gasteiger partial charge in [0.15, 0.2) is 0 Å². The van der Waals surface area contributed by atoms with Crippen molar-refractivity contribution in [3.05, 3.63) is 121 Å². The van der Waals surface area contributed by atoms with Gasteiger partial charge >= 0.3 is 232 Å². The Bertz CT molecular complexity index is 1990. The molecule has 0 radical (unpaired) electrons. The number of aromatic nitrogens is 3. The summed E-state index contributed by atoms with van der Waals surface area (Å²) in [5.74, 6) is 2.47. The van der Waals surface area contributed by atoms with Crippen molar-refractivity contribution in [2.75, 3.05) is 0 Å². The molecule has 0 saturated heterocycles. The Morgan fingerprint density at radius 1 is 0.763 bits per heavy atom. The Kier molecular flexibility index (Phi) is 5.56. The molecule has 4 nitrogen and oxygen atoms in total. The second kappa shape index (κ2) is 9.24. The van der Waals surface area contributed by atoms with E-state index < -0.39 is 0 Å². The monoisotopic (exact) mass is 671 g/mol. The standard InChI is InChI=1S/C33H22N3O.Pt/c1-22-17-18-34-33(19-22)36-31-12-5-3-10-27(31)28-15-14-26(21-32(28)36)37-25-9-6-8-24(20-25)30-16-13-23-7-2-4-11-29(23)35-30;/h2-20H,1H3;. The van der Waals surface area contributed by atoms with Crippen LogP contribution in [-0.4, -0.2) is 14.5 Å². The molecule has 38 heavy (non-hydrogen) atoms. The van der Waals surface area contributed by atoms with Gasteiger partial charge in [0.05, 0.1) is 0 Å². The zero-order chi connectivity index (χ0) is 25.6. The summed E-state index contributed by atoms with van der Waals surface area (Å²) in [5.41, 5.74) is 6.31. The normalized spacial score (nSPS) is 11.4. The minimum atomic E-state index is 0.770. The van der Waals surface area contributed by atoms with Gasteiger partial charge < -0.3 is 0 Å². The molecule has 5 heteroatoms. The summed E-state index contributed by atoms with van der Waals surface area (Å²) in [7, 11) is 0. The third kappa shape index (κ3) is 3.89. The van der Waals surface area contributed by atoms with Crippen LogP contribution in [0.1, 0.15) is 5.56 Å². The van der Waals surface area contributed by atoms with E-state index in [0.717, 1.165) is 54.5 Å². The molecular weight excluding hydrogens is 649 g/mol. The van der Waals surface area contributed by atoms with Crippen LogP contribution in [-0.2, 0) is 19.8 Å². The fourth-order valence-corrected chi connectivity index (χ4v) is 5.87. The van der Waals surface area contributed by atoms with Gasteiger partial charge in [0.1, 0.15) is 0 Å². The summed E-state index contributed by atoms with van der Waals surface area (Å²) < 4.78 is 9.79. The molecule has 0 aliphatic rings. The van der Waals surface area contributed by atoms with Gasteiger partial charge in [-0.05, 0) is 0 Å². The van der Waals surface area contributed by atoms with Crippen LogP contribution in [0.25, 0.3) is 49.8 Å². The summed E-state index contributed by atoms with van der Waals surface area (Å²) >= 11 is 2.38. The molecule has 0 fully saturated rings. The fourth-order valence-electron chi connectivity index (χ4n) is 5.01. The topological polar surface area (TPSA) is 39.9 Å². The molecule has 0 spiro atoms. The van der Waals surface area contributed by atoms with Crippen molar-refractivity contribution in [3.8, 4) is 28.6 Å². The number of aryl methyl sites for hydroxylation is 1. The Balaban J connectivity index is 1.34. The zero-order valence-corrected chi connectivity index (χ0v) is 22.8. The first-order valence-electron chi connectivity index (χ1n) is 12.4. The summed E-state index contributed by atoms with van der Waals surface area (Å²) in [6.07, 6.45) is 1.87. The molecule has 7 rings (SSSR count). The van der Waals surface area contributed by atoms with Crippen LogP contribution in [0.4, 0.5) is 0 Å². The van der Waals surface area contributed by atoms with Crippen molar-refractivity contribution >= 4 is 36.7 Å². The molecule has 0 amide bonds. The molecule has 7 aromatic rings. The van der Waals surface area contributed by atoms with E-state index in [-0.39, 0.29) is 0 Å². The quantitative estimate of drug-likeness (QED) is 0.193. The Hall–Kier alpha value is -4.27. The molecule has 0 atom stereocenters. The first-order valence-corrected chi connectivity index (χ1v) is 13.5. The summed E-state index contributed by atoms with van der Waals surface area (Å²) in [5, 5.41) is 3.50. The Morgan fingerprint density at radius 2 is 1.63 bits per heavy atom. The van der Waals surface area contributed by atoms with Crippen LogP contribution >= 0.6 is 0 Å². The van der Waals surface area contributed by atoms with E-state index in [1.807, 2.05) is 42.6 Å². The Labute approximate surface area is 231 Å². The van der Waals surface area contributed by atoms with Gasteiger partial charge in [-0.2, -0.15) is 0 Å². The van der Waals surface area contributed by atoms with Crippen molar-refractivity contribution in [2.24, 2.45) is 0 Å². The van der Waals surface area contributed by atoms with Crippen molar-refractivity contribution < 1.29 is 24.6 Å². The summed E-state index contributed by atoms with van der Waals surface area (Å²) in [4.78, 5) is 9.58. The fraction of sp³-hybridized carbons (Fsp3) is 0.0303. The van der Waals surface area contributed by atoms with Gasteiger partial charge in [-0.15, -0.1) is 0 Å². The molecule has 0 N–H and O–H groups in total. The van der Waals surface area contributed by atoms with Crippen LogP contribution < -0.4 is 8.69 Å². The van der Waals surface area contributed by atoms with Crippen molar-refractivity contribution in [1.82, 2.24) is 14.5 Å². The van der Waals surface area contributed by atoms with Gasteiger partial charge in [0, 0.05) is 0 Å². The molecule has 3 heterocycles. The van der Waals surface area contributed by atoms with E-state index in [0.29, 0.717) is 0 Å². The number of nitrogens with zero attached hydrogens (tertiary/aromatic N) is 3. The third-order valence-corrected chi connectivity index (χ3v) is 7.89. The number of benzene rings is 4. The molecule has 185 valence electrons. The molecular formula is C33H22N3OPt. The number of fused-ring (bicyclic) bond motifs is 4.